The predicted molar refractivity (Wildman–Crippen MR) is 135 cm³/mol. The quantitative estimate of drug-likeness (QED) is 0.245. The molecule has 0 spiro atoms. The van der Waals surface area contributed by atoms with Crippen molar-refractivity contribution in [2.24, 2.45) is 0 Å². The average molecular weight is 507 g/mol. The summed E-state index contributed by atoms with van der Waals surface area (Å²) in [5, 5.41) is 14.9. The molecule has 1 amide bonds. The summed E-state index contributed by atoms with van der Waals surface area (Å²) in [4.78, 5) is 33.5. The van der Waals surface area contributed by atoms with Crippen LogP contribution < -0.4 is 11.1 Å². The molecule has 0 atom stereocenters. The number of rotatable bonds is 5. The lowest BCUT2D eigenvalue weighted by Gasteiger charge is -2.09. The maximum absolute atomic E-state index is 13.3. The van der Waals surface area contributed by atoms with Crippen LogP contribution in [-0.2, 0) is 6.54 Å². The van der Waals surface area contributed by atoms with Crippen LogP contribution in [0.1, 0.15) is 15.9 Å². The zero-order valence-corrected chi connectivity index (χ0v) is 19.4. The Kier molecular flexibility index (Phi) is 5.72. The van der Waals surface area contributed by atoms with Gasteiger partial charge in [-0.25, -0.2) is 9.97 Å². The van der Waals surface area contributed by atoms with Crippen LogP contribution in [-0.4, -0.2) is 25.4 Å². The van der Waals surface area contributed by atoms with E-state index in [1.165, 1.54) is 16.7 Å². The minimum atomic E-state index is -0.589. The minimum Gasteiger partial charge on any atom is -0.384 e. The number of benzene rings is 3. The first-order valence-corrected chi connectivity index (χ1v) is 11.1. The molecule has 0 saturated carbocycles. The van der Waals surface area contributed by atoms with Crippen LogP contribution in [0.15, 0.2) is 66.7 Å². The number of carbonyl (C=O) groups excluding carboxylic acids is 1. The molecule has 0 aliphatic carbocycles. The number of anilines is 1. The Labute approximate surface area is 208 Å². The van der Waals surface area contributed by atoms with Gasteiger partial charge in [0, 0.05) is 17.6 Å². The molecule has 2 aromatic heterocycles. The second kappa shape index (κ2) is 8.86. The van der Waals surface area contributed by atoms with Crippen molar-refractivity contribution >= 4 is 62.8 Å². The molecule has 2 heterocycles. The number of aromatic nitrogens is 3. The number of nitro benzene ring substituents is 1. The first-order chi connectivity index (χ1) is 16.8. The molecular formula is C24H16Cl2N6O3. The summed E-state index contributed by atoms with van der Waals surface area (Å²) in [6.45, 7) is 0.232. The van der Waals surface area contributed by atoms with Gasteiger partial charge in [-0.15, -0.1) is 0 Å². The Hall–Kier alpha value is -4.21. The van der Waals surface area contributed by atoms with Gasteiger partial charge in [-0.05, 0) is 42.0 Å². The van der Waals surface area contributed by atoms with E-state index >= 15 is 0 Å². The van der Waals surface area contributed by atoms with Crippen molar-refractivity contribution < 1.29 is 9.72 Å². The lowest BCUT2D eigenvalue weighted by Crippen LogP contribution is -2.24. The lowest BCUT2D eigenvalue weighted by atomic mass is 10.2. The molecule has 3 aromatic carbocycles. The number of hydrogen-bond donors (Lipinski definition) is 2. The van der Waals surface area contributed by atoms with E-state index in [0.29, 0.717) is 21.7 Å². The normalized spacial score (nSPS) is 11.1. The number of amides is 1. The highest BCUT2D eigenvalue weighted by molar-refractivity contribution is 6.32. The number of nitrogen functional groups attached to an aromatic ring is 1. The van der Waals surface area contributed by atoms with Crippen LogP contribution >= 0.6 is 23.2 Å². The minimum absolute atomic E-state index is 0.0220. The van der Waals surface area contributed by atoms with E-state index < -0.39 is 10.8 Å². The first kappa shape index (κ1) is 22.6. The molecule has 174 valence electrons. The van der Waals surface area contributed by atoms with Crippen LogP contribution in [0, 0.1) is 10.1 Å². The van der Waals surface area contributed by atoms with Crippen LogP contribution in [0.2, 0.25) is 10.0 Å². The fourth-order valence-corrected chi connectivity index (χ4v) is 4.11. The number of halogens is 2. The Bertz CT molecular complexity index is 1630. The SMILES string of the molecule is Nc1c(C(=O)NCc2ccc(Cl)cc2)c2nc3ccccc3nc2n1-c1ccc(Cl)c([N+](=O)[O-])c1. The topological polar surface area (TPSA) is 129 Å². The number of nitrogens with one attached hydrogen (secondary N) is 1. The summed E-state index contributed by atoms with van der Waals surface area (Å²) in [6, 6.07) is 18.5. The Balaban J connectivity index is 1.67. The molecule has 11 heteroatoms. The van der Waals surface area contributed by atoms with Crippen molar-refractivity contribution in [1.82, 2.24) is 19.9 Å². The van der Waals surface area contributed by atoms with Crippen molar-refractivity contribution in [3.05, 3.63) is 98.0 Å². The standard InChI is InChI=1S/C24H16Cl2N6O3/c25-14-7-5-13(6-8-14)12-28-24(33)20-21-23(30-18-4-2-1-3-17(18)29-21)31(22(20)27)15-9-10-16(26)19(11-15)32(34)35/h1-11H,12,27H2,(H,28,33). The molecule has 0 aliphatic heterocycles. The van der Waals surface area contributed by atoms with Gasteiger partial charge in [0.05, 0.1) is 21.6 Å². The summed E-state index contributed by atoms with van der Waals surface area (Å²) in [6.07, 6.45) is 0. The third-order valence-electron chi connectivity index (χ3n) is 5.48. The summed E-state index contributed by atoms with van der Waals surface area (Å²) in [5.41, 5.74) is 9.16. The van der Waals surface area contributed by atoms with Crippen LogP contribution in [0.4, 0.5) is 11.5 Å². The Morgan fingerprint density at radius 2 is 1.71 bits per heavy atom. The largest absolute Gasteiger partial charge is 0.384 e. The highest BCUT2D eigenvalue weighted by Gasteiger charge is 2.26. The Morgan fingerprint density at radius 3 is 2.40 bits per heavy atom. The van der Waals surface area contributed by atoms with Gasteiger partial charge >= 0.3 is 0 Å². The number of nitrogens with two attached hydrogens (primary N) is 1. The van der Waals surface area contributed by atoms with E-state index in [4.69, 9.17) is 28.9 Å². The molecule has 0 aliphatic rings. The number of hydrogen-bond acceptors (Lipinski definition) is 6. The second-order valence-corrected chi connectivity index (χ2v) is 8.53. The lowest BCUT2D eigenvalue weighted by molar-refractivity contribution is -0.384. The first-order valence-electron chi connectivity index (χ1n) is 10.4. The number of fused-ring (bicyclic) bond motifs is 2. The zero-order valence-electron chi connectivity index (χ0n) is 17.9. The smallest absolute Gasteiger partial charge is 0.289 e. The van der Waals surface area contributed by atoms with Crippen molar-refractivity contribution in [3.63, 3.8) is 0 Å². The van der Waals surface area contributed by atoms with Crippen LogP contribution in [0.5, 0.6) is 0 Å². The van der Waals surface area contributed by atoms with Gasteiger partial charge in [0.15, 0.2) is 5.65 Å². The molecule has 0 bridgehead atoms. The monoisotopic (exact) mass is 506 g/mol. The molecule has 0 fully saturated rings. The van der Waals surface area contributed by atoms with Gasteiger partial charge in [-0.1, -0.05) is 47.5 Å². The van der Waals surface area contributed by atoms with E-state index in [9.17, 15) is 14.9 Å². The van der Waals surface area contributed by atoms with Crippen molar-refractivity contribution in [2.45, 2.75) is 6.54 Å². The van der Waals surface area contributed by atoms with E-state index in [1.807, 2.05) is 12.1 Å². The van der Waals surface area contributed by atoms with E-state index in [-0.39, 0.29) is 39.8 Å². The maximum Gasteiger partial charge on any atom is 0.289 e. The third kappa shape index (κ3) is 4.11. The number of nitrogens with zero attached hydrogens (tertiary/aromatic N) is 4. The highest BCUT2D eigenvalue weighted by Crippen LogP contribution is 2.34. The molecule has 0 unspecified atom stereocenters. The second-order valence-electron chi connectivity index (χ2n) is 7.68. The molecule has 35 heavy (non-hydrogen) atoms. The highest BCUT2D eigenvalue weighted by atomic mass is 35.5. The molecule has 5 aromatic rings. The maximum atomic E-state index is 13.3. The summed E-state index contributed by atoms with van der Waals surface area (Å²) in [7, 11) is 0. The zero-order chi connectivity index (χ0) is 24.7. The Morgan fingerprint density at radius 1 is 1.03 bits per heavy atom. The number of nitro groups is 1. The summed E-state index contributed by atoms with van der Waals surface area (Å²) < 4.78 is 1.47. The van der Waals surface area contributed by atoms with Gasteiger partial charge in [0.25, 0.3) is 11.6 Å². The third-order valence-corrected chi connectivity index (χ3v) is 6.05. The van der Waals surface area contributed by atoms with Crippen molar-refractivity contribution in [1.29, 1.82) is 0 Å². The molecule has 9 nitrogen and oxygen atoms in total. The molecular weight excluding hydrogens is 491 g/mol. The van der Waals surface area contributed by atoms with Gasteiger partial charge in [-0.2, -0.15) is 0 Å². The fraction of sp³-hybridized carbons (Fsp3) is 0.0417. The van der Waals surface area contributed by atoms with Crippen LogP contribution in [0.25, 0.3) is 27.9 Å². The fourth-order valence-electron chi connectivity index (χ4n) is 3.80. The molecule has 3 N–H and O–H groups in total. The van der Waals surface area contributed by atoms with Gasteiger partial charge in [0.1, 0.15) is 21.9 Å². The number of para-hydroxylation sites is 2. The number of carbonyl (C=O) groups is 1. The molecule has 0 radical (unpaired) electrons. The van der Waals surface area contributed by atoms with Gasteiger partial charge < -0.3 is 11.1 Å². The van der Waals surface area contributed by atoms with Crippen molar-refractivity contribution in [2.75, 3.05) is 5.73 Å². The molecule has 5 rings (SSSR count). The molecule has 0 saturated heterocycles. The van der Waals surface area contributed by atoms with E-state index in [2.05, 4.69) is 15.3 Å². The van der Waals surface area contributed by atoms with Gasteiger partial charge in [-0.3, -0.25) is 19.5 Å². The summed E-state index contributed by atoms with van der Waals surface area (Å²) in [5.74, 6) is -0.422. The predicted octanol–water partition coefficient (Wildman–Crippen LogP) is 5.30. The summed E-state index contributed by atoms with van der Waals surface area (Å²) >= 11 is 11.9. The van der Waals surface area contributed by atoms with E-state index in [0.717, 1.165) is 5.56 Å². The van der Waals surface area contributed by atoms with Gasteiger partial charge in [0.2, 0.25) is 0 Å². The van der Waals surface area contributed by atoms with E-state index in [1.54, 1.807) is 42.5 Å². The van der Waals surface area contributed by atoms with Crippen molar-refractivity contribution in [3.8, 4) is 5.69 Å². The average Bonchev–Trinajstić information content (AvgIpc) is 3.13. The van der Waals surface area contributed by atoms with Crippen LogP contribution in [0.3, 0.4) is 0 Å².